The van der Waals surface area contributed by atoms with Crippen LogP contribution in [0, 0.1) is 6.92 Å². The lowest BCUT2D eigenvalue weighted by molar-refractivity contribution is -0.140. The summed E-state index contributed by atoms with van der Waals surface area (Å²) in [5, 5.41) is 0.295. The summed E-state index contributed by atoms with van der Waals surface area (Å²) in [6.45, 7) is 1.49. The van der Waals surface area contributed by atoms with E-state index in [9.17, 15) is 18.0 Å². The van der Waals surface area contributed by atoms with Gasteiger partial charge in [-0.25, -0.2) is 4.98 Å². The second-order valence-corrected chi connectivity index (χ2v) is 5.89. The van der Waals surface area contributed by atoms with Gasteiger partial charge in [0.05, 0.1) is 15.6 Å². The van der Waals surface area contributed by atoms with Gasteiger partial charge in [-0.2, -0.15) is 13.2 Å². The summed E-state index contributed by atoms with van der Waals surface area (Å²) in [5.74, 6) is -0.417. The molecule has 2 heterocycles. The number of ketones is 1. The smallest absolute Gasteiger partial charge is 0.290 e. The van der Waals surface area contributed by atoms with Crippen LogP contribution in [0.5, 0.6) is 0 Å². The second kappa shape index (κ2) is 7.83. The van der Waals surface area contributed by atoms with Crippen molar-refractivity contribution >= 4 is 29.3 Å². The highest BCUT2D eigenvalue weighted by atomic mass is 32.1. The number of aryl methyl sites for hydroxylation is 1. The predicted octanol–water partition coefficient (Wildman–Crippen LogP) is 4.72. The minimum Gasteiger partial charge on any atom is -0.290 e. The molecule has 7 heteroatoms. The molecule has 2 aromatic rings. The molecular weight excluding hydrogens is 337 g/mol. The quantitative estimate of drug-likeness (QED) is 0.579. The number of hydrogen-bond acceptors (Lipinski definition) is 4. The first-order chi connectivity index (χ1) is 11.4. The van der Waals surface area contributed by atoms with Crippen molar-refractivity contribution in [2.24, 2.45) is 0 Å². The van der Waals surface area contributed by atoms with Gasteiger partial charge in [0.2, 0.25) is 0 Å². The first kappa shape index (κ1) is 17.8. The summed E-state index contributed by atoms with van der Waals surface area (Å²) in [5.41, 5.74) is -0.229. The Morgan fingerprint density at radius 2 is 1.96 bits per heavy atom. The van der Waals surface area contributed by atoms with Gasteiger partial charge in [-0.15, -0.1) is 11.3 Å². The molecule has 0 N–H and O–H groups in total. The van der Waals surface area contributed by atoms with Gasteiger partial charge >= 0.3 is 6.18 Å². The average molecular weight is 350 g/mol. The van der Waals surface area contributed by atoms with Gasteiger partial charge in [-0.05, 0) is 43.4 Å². The Kier molecular flexibility index (Phi) is 5.81. The largest absolute Gasteiger partial charge is 0.434 e. The van der Waals surface area contributed by atoms with Crippen LogP contribution in [0.2, 0.25) is 0 Å². The zero-order valence-corrected chi connectivity index (χ0v) is 13.4. The normalized spacial score (nSPS) is 12.7. The Hall–Kier alpha value is -2.54. The molecule has 124 valence electrons. The van der Waals surface area contributed by atoms with Crippen molar-refractivity contribution in [3.8, 4) is 0 Å². The van der Waals surface area contributed by atoms with E-state index in [-0.39, 0.29) is 4.88 Å². The van der Waals surface area contributed by atoms with E-state index in [0.717, 1.165) is 29.2 Å². The lowest BCUT2D eigenvalue weighted by atomic mass is 10.2. The van der Waals surface area contributed by atoms with Crippen LogP contribution in [-0.2, 0) is 11.0 Å². The minimum absolute atomic E-state index is 0.0780. The first-order valence-electron chi connectivity index (χ1n) is 6.89. The maximum Gasteiger partial charge on any atom is 0.434 e. The molecule has 2 aromatic heterocycles. The summed E-state index contributed by atoms with van der Waals surface area (Å²) in [4.78, 5) is 19.1. The number of alkyl halides is 3. The van der Waals surface area contributed by atoms with Crippen LogP contribution < -0.4 is 0 Å². The van der Waals surface area contributed by atoms with Gasteiger partial charge < -0.3 is 0 Å². The van der Waals surface area contributed by atoms with Crippen molar-refractivity contribution < 1.29 is 18.0 Å². The minimum atomic E-state index is -4.53. The Labute approximate surface area is 140 Å². The Morgan fingerprint density at radius 1 is 1.17 bits per heavy atom. The fourth-order valence-corrected chi connectivity index (χ4v) is 2.60. The van der Waals surface area contributed by atoms with Crippen molar-refractivity contribution in [3.05, 3.63) is 70.0 Å². The van der Waals surface area contributed by atoms with E-state index in [1.807, 2.05) is 6.07 Å². The SMILES string of the molecule is Cc1nc(C(F)(F)F)c(/C=C/C(=O)/C=C/C=C/c2ccccn2)s1. The molecule has 0 aliphatic heterocycles. The van der Waals surface area contributed by atoms with Crippen molar-refractivity contribution in [2.75, 3.05) is 0 Å². The molecule has 0 unspecified atom stereocenters. The number of halogens is 3. The van der Waals surface area contributed by atoms with Crippen molar-refractivity contribution in [1.82, 2.24) is 9.97 Å². The topological polar surface area (TPSA) is 42.9 Å². The second-order valence-electron chi connectivity index (χ2n) is 4.65. The number of nitrogens with zero attached hydrogens (tertiary/aromatic N) is 2. The predicted molar refractivity (Wildman–Crippen MR) is 88.3 cm³/mol. The molecule has 2 rings (SSSR count). The standard InChI is InChI=1S/C17H13F3N2OS/c1-12-22-16(17(18,19)20)15(24-12)10-9-14(23)8-3-2-6-13-7-4-5-11-21-13/h2-11H,1H3/b6-2+,8-3+,10-9+. The molecule has 0 atom stereocenters. The van der Waals surface area contributed by atoms with Gasteiger partial charge in [0.15, 0.2) is 11.5 Å². The Balaban J connectivity index is 2.01. The Bertz CT molecular complexity index is 790. The highest BCUT2D eigenvalue weighted by Crippen LogP contribution is 2.34. The first-order valence-corrected chi connectivity index (χ1v) is 7.70. The van der Waals surface area contributed by atoms with Crippen molar-refractivity contribution in [1.29, 1.82) is 0 Å². The van der Waals surface area contributed by atoms with Gasteiger partial charge in [0, 0.05) is 6.20 Å². The molecule has 0 radical (unpaired) electrons. The Morgan fingerprint density at radius 3 is 2.62 bits per heavy atom. The number of thiazole rings is 1. The molecule has 0 fully saturated rings. The number of aromatic nitrogens is 2. The average Bonchev–Trinajstić information content (AvgIpc) is 2.92. The van der Waals surface area contributed by atoms with E-state index >= 15 is 0 Å². The highest BCUT2D eigenvalue weighted by Gasteiger charge is 2.36. The van der Waals surface area contributed by atoms with Crippen molar-refractivity contribution in [3.63, 3.8) is 0 Å². The molecule has 0 spiro atoms. The van der Waals surface area contributed by atoms with Gasteiger partial charge in [-0.1, -0.05) is 18.2 Å². The van der Waals surface area contributed by atoms with E-state index in [1.165, 1.54) is 19.1 Å². The number of carbonyl (C=O) groups is 1. The number of allylic oxidation sites excluding steroid dienone is 4. The lowest BCUT2D eigenvalue weighted by Gasteiger charge is -2.02. The summed E-state index contributed by atoms with van der Waals surface area (Å²) in [6, 6.07) is 5.42. The molecule has 0 saturated heterocycles. The number of pyridine rings is 1. The van der Waals surface area contributed by atoms with Gasteiger partial charge in [-0.3, -0.25) is 9.78 Å². The van der Waals surface area contributed by atoms with E-state index in [4.69, 9.17) is 0 Å². The van der Waals surface area contributed by atoms with Crippen LogP contribution in [0.4, 0.5) is 13.2 Å². The maximum absolute atomic E-state index is 12.8. The van der Waals surface area contributed by atoms with E-state index in [2.05, 4.69) is 9.97 Å². The van der Waals surface area contributed by atoms with Crippen LogP contribution in [0.25, 0.3) is 12.2 Å². The third-order valence-electron chi connectivity index (χ3n) is 2.75. The summed E-state index contributed by atoms with van der Waals surface area (Å²) in [7, 11) is 0. The zero-order chi connectivity index (χ0) is 17.6. The third-order valence-corrected chi connectivity index (χ3v) is 3.69. The molecule has 0 bridgehead atoms. The lowest BCUT2D eigenvalue weighted by Crippen LogP contribution is -2.07. The van der Waals surface area contributed by atoms with Crippen LogP contribution in [0.15, 0.2) is 48.7 Å². The van der Waals surface area contributed by atoms with E-state index in [1.54, 1.807) is 30.5 Å². The van der Waals surface area contributed by atoms with Crippen molar-refractivity contribution in [2.45, 2.75) is 13.1 Å². The fraction of sp³-hybridized carbons (Fsp3) is 0.118. The summed E-state index contributed by atoms with van der Waals surface area (Å²) in [6.07, 6.45) is 5.45. The molecule has 0 saturated carbocycles. The third kappa shape index (κ3) is 5.27. The molecule has 0 aliphatic rings. The number of carbonyl (C=O) groups excluding carboxylic acids is 1. The van der Waals surface area contributed by atoms with E-state index < -0.39 is 17.7 Å². The monoisotopic (exact) mass is 350 g/mol. The van der Waals surface area contributed by atoms with Crippen LogP contribution >= 0.6 is 11.3 Å². The van der Waals surface area contributed by atoms with Crippen LogP contribution in [0.1, 0.15) is 21.3 Å². The summed E-state index contributed by atoms with van der Waals surface area (Å²) >= 11 is 0.892. The van der Waals surface area contributed by atoms with Gasteiger partial charge in [0.1, 0.15) is 0 Å². The molecule has 0 aliphatic carbocycles. The summed E-state index contributed by atoms with van der Waals surface area (Å²) < 4.78 is 38.4. The zero-order valence-electron chi connectivity index (χ0n) is 12.6. The molecular formula is C17H13F3N2OS. The molecule has 0 amide bonds. The maximum atomic E-state index is 12.8. The van der Waals surface area contributed by atoms with E-state index in [0.29, 0.717) is 5.01 Å². The van der Waals surface area contributed by atoms with Gasteiger partial charge in [0.25, 0.3) is 0 Å². The molecule has 24 heavy (non-hydrogen) atoms. The van der Waals surface area contributed by atoms with Crippen LogP contribution in [0.3, 0.4) is 0 Å². The molecule has 0 aromatic carbocycles. The van der Waals surface area contributed by atoms with Crippen LogP contribution in [-0.4, -0.2) is 15.8 Å². The molecule has 3 nitrogen and oxygen atoms in total. The number of rotatable bonds is 5. The highest BCUT2D eigenvalue weighted by molar-refractivity contribution is 7.12. The number of hydrogen-bond donors (Lipinski definition) is 0. The fourth-order valence-electron chi connectivity index (χ4n) is 1.75.